The number of ether oxygens (including phenoxy) is 1. The van der Waals surface area contributed by atoms with Crippen molar-refractivity contribution in [3.05, 3.63) is 29.8 Å². The molecule has 1 aromatic carbocycles. The maximum atomic E-state index is 12.4. The van der Waals surface area contributed by atoms with Gasteiger partial charge in [0.15, 0.2) is 0 Å². The third-order valence-corrected chi connectivity index (χ3v) is 4.58. The zero-order valence-electron chi connectivity index (χ0n) is 14.0. The average molecular weight is 331 g/mol. The minimum absolute atomic E-state index is 0.0308. The molecule has 0 aliphatic carbocycles. The fraction of sp³-hybridized carbons (Fsp3) is 0.556. The van der Waals surface area contributed by atoms with Crippen molar-refractivity contribution in [2.45, 2.75) is 19.3 Å². The molecule has 2 amide bonds. The van der Waals surface area contributed by atoms with Gasteiger partial charge in [-0.1, -0.05) is 18.2 Å². The Morgan fingerprint density at radius 3 is 2.79 bits per heavy atom. The minimum atomic E-state index is -0.103. The van der Waals surface area contributed by atoms with Crippen molar-refractivity contribution in [2.75, 3.05) is 50.8 Å². The van der Waals surface area contributed by atoms with E-state index in [4.69, 9.17) is 4.74 Å². The first-order valence-corrected chi connectivity index (χ1v) is 8.69. The number of nitrogens with zero attached hydrogens (tertiary/aromatic N) is 2. The number of morpholine rings is 1. The van der Waals surface area contributed by atoms with Gasteiger partial charge < -0.3 is 15.0 Å². The van der Waals surface area contributed by atoms with Crippen LogP contribution in [0.5, 0.6) is 0 Å². The smallest absolute Gasteiger partial charge is 0.240 e. The summed E-state index contributed by atoms with van der Waals surface area (Å²) in [7, 11) is 0. The van der Waals surface area contributed by atoms with Gasteiger partial charge >= 0.3 is 0 Å². The Kier molecular flexibility index (Phi) is 5.82. The van der Waals surface area contributed by atoms with Crippen molar-refractivity contribution < 1.29 is 14.3 Å². The molecule has 2 aliphatic heterocycles. The standard InChI is InChI=1S/C18H25N3O3/c22-17(19-8-9-20-10-12-24-13-11-20)14-21-16-6-2-1-4-15(16)5-3-7-18(21)23/h1-2,4,6H,3,5,7-14H2,(H,19,22). The molecule has 24 heavy (non-hydrogen) atoms. The van der Waals surface area contributed by atoms with E-state index < -0.39 is 0 Å². The third kappa shape index (κ3) is 4.33. The number of nitrogens with one attached hydrogen (secondary N) is 1. The third-order valence-electron chi connectivity index (χ3n) is 4.58. The van der Waals surface area contributed by atoms with Crippen molar-refractivity contribution in [1.29, 1.82) is 0 Å². The van der Waals surface area contributed by atoms with E-state index in [1.807, 2.05) is 24.3 Å². The maximum Gasteiger partial charge on any atom is 0.240 e. The first-order valence-electron chi connectivity index (χ1n) is 8.69. The number of amides is 2. The van der Waals surface area contributed by atoms with Crippen LogP contribution in [0.2, 0.25) is 0 Å². The molecule has 0 radical (unpaired) electrons. The molecule has 0 aromatic heterocycles. The Balaban J connectivity index is 1.53. The first kappa shape index (κ1) is 16.9. The monoisotopic (exact) mass is 331 g/mol. The van der Waals surface area contributed by atoms with E-state index in [-0.39, 0.29) is 18.4 Å². The summed E-state index contributed by atoms with van der Waals surface area (Å²) >= 11 is 0. The van der Waals surface area contributed by atoms with Gasteiger partial charge in [-0.2, -0.15) is 0 Å². The van der Waals surface area contributed by atoms with Crippen LogP contribution in [-0.4, -0.2) is 62.7 Å². The van der Waals surface area contributed by atoms with Crippen molar-refractivity contribution in [2.24, 2.45) is 0 Å². The molecular weight excluding hydrogens is 306 g/mol. The molecule has 0 spiro atoms. The van der Waals surface area contributed by atoms with E-state index in [1.165, 1.54) is 0 Å². The Bertz CT molecular complexity index is 585. The Morgan fingerprint density at radius 1 is 1.17 bits per heavy atom. The lowest BCUT2D eigenvalue weighted by atomic mass is 10.1. The number of carbonyl (C=O) groups excluding carboxylic acids is 2. The molecule has 0 saturated carbocycles. The summed E-state index contributed by atoms with van der Waals surface area (Å²) in [6.07, 6.45) is 2.22. The molecule has 0 unspecified atom stereocenters. The number of benzene rings is 1. The van der Waals surface area contributed by atoms with Crippen LogP contribution in [0.15, 0.2) is 24.3 Å². The summed E-state index contributed by atoms with van der Waals surface area (Å²) < 4.78 is 5.31. The minimum Gasteiger partial charge on any atom is -0.379 e. The summed E-state index contributed by atoms with van der Waals surface area (Å²) in [5.41, 5.74) is 2.02. The number of fused-ring (bicyclic) bond motifs is 1. The Morgan fingerprint density at radius 2 is 1.96 bits per heavy atom. The average Bonchev–Trinajstić information content (AvgIpc) is 2.75. The summed E-state index contributed by atoms with van der Waals surface area (Å²) in [6, 6.07) is 7.87. The van der Waals surface area contributed by atoms with E-state index in [1.54, 1.807) is 4.90 Å². The molecular formula is C18H25N3O3. The fourth-order valence-electron chi connectivity index (χ4n) is 3.24. The van der Waals surface area contributed by atoms with Crippen LogP contribution in [0.25, 0.3) is 0 Å². The van der Waals surface area contributed by atoms with Crippen LogP contribution in [0.3, 0.4) is 0 Å². The van der Waals surface area contributed by atoms with E-state index in [9.17, 15) is 9.59 Å². The highest BCUT2D eigenvalue weighted by Crippen LogP contribution is 2.26. The second kappa shape index (κ2) is 8.26. The zero-order valence-corrected chi connectivity index (χ0v) is 14.0. The van der Waals surface area contributed by atoms with Gasteiger partial charge in [-0.25, -0.2) is 0 Å². The highest BCUT2D eigenvalue weighted by molar-refractivity contribution is 5.99. The van der Waals surface area contributed by atoms with Crippen LogP contribution < -0.4 is 10.2 Å². The van der Waals surface area contributed by atoms with Gasteiger partial charge in [0.25, 0.3) is 0 Å². The summed E-state index contributed by atoms with van der Waals surface area (Å²) in [5.74, 6) is -0.0726. The molecule has 1 N–H and O–H groups in total. The van der Waals surface area contributed by atoms with Crippen molar-refractivity contribution in [3.8, 4) is 0 Å². The van der Waals surface area contributed by atoms with Crippen molar-refractivity contribution in [1.82, 2.24) is 10.2 Å². The van der Waals surface area contributed by atoms with Gasteiger partial charge in [-0.05, 0) is 24.5 Å². The summed E-state index contributed by atoms with van der Waals surface area (Å²) in [4.78, 5) is 28.5. The number of rotatable bonds is 5. The van der Waals surface area contributed by atoms with Crippen LogP contribution in [0, 0.1) is 0 Å². The van der Waals surface area contributed by atoms with Gasteiger partial charge in [0, 0.05) is 38.3 Å². The molecule has 1 fully saturated rings. The second-order valence-electron chi connectivity index (χ2n) is 6.27. The Hall–Kier alpha value is -1.92. The number of anilines is 1. The van der Waals surface area contributed by atoms with Crippen molar-refractivity contribution >= 4 is 17.5 Å². The number of hydrogen-bond acceptors (Lipinski definition) is 4. The normalized spacial score (nSPS) is 18.8. The molecule has 0 bridgehead atoms. The highest BCUT2D eigenvalue weighted by Gasteiger charge is 2.23. The largest absolute Gasteiger partial charge is 0.379 e. The van der Waals surface area contributed by atoms with Crippen LogP contribution >= 0.6 is 0 Å². The molecule has 1 aromatic rings. The van der Waals surface area contributed by atoms with Gasteiger partial charge in [0.1, 0.15) is 6.54 Å². The lowest BCUT2D eigenvalue weighted by Crippen LogP contribution is -2.44. The van der Waals surface area contributed by atoms with Gasteiger partial charge in [0.2, 0.25) is 11.8 Å². The molecule has 6 nitrogen and oxygen atoms in total. The summed E-state index contributed by atoms with van der Waals surface area (Å²) in [6.45, 7) is 4.85. The van der Waals surface area contributed by atoms with E-state index in [0.29, 0.717) is 13.0 Å². The van der Waals surface area contributed by atoms with Gasteiger partial charge in [-0.15, -0.1) is 0 Å². The van der Waals surface area contributed by atoms with Gasteiger partial charge in [0.05, 0.1) is 13.2 Å². The molecule has 2 heterocycles. The predicted octanol–water partition coefficient (Wildman–Crippen LogP) is 0.804. The topological polar surface area (TPSA) is 61.9 Å². The van der Waals surface area contributed by atoms with Crippen LogP contribution in [0.1, 0.15) is 18.4 Å². The molecule has 2 aliphatic rings. The fourth-order valence-corrected chi connectivity index (χ4v) is 3.24. The molecule has 3 rings (SSSR count). The molecule has 0 atom stereocenters. The number of carbonyl (C=O) groups is 2. The maximum absolute atomic E-state index is 12.4. The molecule has 6 heteroatoms. The molecule has 130 valence electrons. The lowest BCUT2D eigenvalue weighted by molar-refractivity contribution is -0.123. The van der Waals surface area contributed by atoms with E-state index in [0.717, 1.165) is 56.9 Å². The van der Waals surface area contributed by atoms with Crippen LogP contribution in [0.4, 0.5) is 5.69 Å². The van der Waals surface area contributed by atoms with Gasteiger partial charge in [-0.3, -0.25) is 14.5 Å². The zero-order chi connectivity index (χ0) is 16.8. The quantitative estimate of drug-likeness (QED) is 0.867. The second-order valence-corrected chi connectivity index (χ2v) is 6.27. The number of para-hydroxylation sites is 1. The Labute approximate surface area is 142 Å². The first-order chi connectivity index (χ1) is 11.7. The van der Waals surface area contributed by atoms with Crippen molar-refractivity contribution in [3.63, 3.8) is 0 Å². The molecule has 1 saturated heterocycles. The van der Waals surface area contributed by atoms with Crippen LogP contribution in [-0.2, 0) is 20.7 Å². The number of hydrogen-bond donors (Lipinski definition) is 1. The van der Waals surface area contributed by atoms with E-state index >= 15 is 0 Å². The SMILES string of the molecule is O=C(CN1C(=O)CCCc2ccccc21)NCCN1CCOCC1. The predicted molar refractivity (Wildman–Crippen MR) is 92.0 cm³/mol. The lowest BCUT2D eigenvalue weighted by Gasteiger charge is -2.27. The van der Waals surface area contributed by atoms with E-state index in [2.05, 4.69) is 10.2 Å². The summed E-state index contributed by atoms with van der Waals surface area (Å²) in [5, 5.41) is 2.93. The number of aryl methyl sites for hydroxylation is 1. The highest BCUT2D eigenvalue weighted by atomic mass is 16.5.